The summed E-state index contributed by atoms with van der Waals surface area (Å²) in [5, 5.41) is 12.8. The average Bonchev–Trinajstić information content (AvgIpc) is 2.62. The maximum atomic E-state index is 8.53. The number of aryl methyl sites for hydroxylation is 1. The van der Waals surface area contributed by atoms with Gasteiger partial charge in [-0.2, -0.15) is 0 Å². The summed E-state index contributed by atoms with van der Waals surface area (Å²) in [5.74, 6) is 0.398. The number of thioether (sulfide) groups is 1. The second-order valence-electron chi connectivity index (χ2n) is 8.01. The number of hydrogen-bond acceptors (Lipinski definition) is 3. The van der Waals surface area contributed by atoms with Crippen LogP contribution < -0.4 is 5.32 Å². The van der Waals surface area contributed by atoms with E-state index in [1.807, 2.05) is 49.9 Å². The van der Waals surface area contributed by atoms with Crippen molar-refractivity contribution in [3.63, 3.8) is 0 Å². The number of allylic oxidation sites excluding steroid dienone is 2. The van der Waals surface area contributed by atoms with E-state index in [1.165, 1.54) is 30.6 Å². The Kier molecular flexibility index (Phi) is 8.54. The van der Waals surface area contributed by atoms with Gasteiger partial charge in [-0.25, -0.2) is 0 Å². The summed E-state index contributed by atoms with van der Waals surface area (Å²) >= 11 is 6.34. The Balaban J connectivity index is 2.11. The molecule has 150 valence electrons. The minimum Gasteiger partial charge on any atom is -0.340 e. The molecule has 1 aliphatic carbocycles. The van der Waals surface area contributed by atoms with Gasteiger partial charge in [0.05, 0.1) is 0 Å². The van der Waals surface area contributed by atoms with Crippen LogP contribution in [0.3, 0.4) is 0 Å². The van der Waals surface area contributed by atoms with Gasteiger partial charge in [-0.05, 0) is 74.5 Å². The summed E-state index contributed by atoms with van der Waals surface area (Å²) in [6, 6.07) is 5.93. The fourth-order valence-corrected chi connectivity index (χ4v) is 4.90. The molecular weight excluding hydrogens is 398 g/mol. The lowest BCUT2D eigenvalue weighted by atomic mass is 9.89. The number of hydrogen-bond donors (Lipinski definition) is 3. The smallest absolute Gasteiger partial charge is 0.139 e. The van der Waals surface area contributed by atoms with E-state index in [0.717, 1.165) is 27.2 Å². The third-order valence-corrected chi connectivity index (χ3v) is 7.75. The fourth-order valence-electron chi connectivity index (χ4n) is 3.20. The highest BCUT2D eigenvalue weighted by molar-refractivity contribution is 8.04. The molecule has 2 nitrogen and oxygen atoms in total. The molecule has 2 rings (SSSR count). The standard InChI is InChI=1S/C22H32BN2PS2/c1-5-16(21(24)25-17-6-7-19(27)14(2)12-17)13-20(15(3)23)28-18-8-10-22(4,26)11-9-18/h5-7,12-13,18,27H,3,8-11,23,26H2,1-2,4H3,(H2,24,25)/b16-5+,20-13+. The first-order valence-corrected chi connectivity index (χ1v) is 11.7. The lowest BCUT2D eigenvalue weighted by Gasteiger charge is -2.34. The predicted molar refractivity (Wildman–Crippen MR) is 137 cm³/mol. The van der Waals surface area contributed by atoms with E-state index in [9.17, 15) is 0 Å². The normalized spacial score (nSPS) is 23.4. The molecule has 1 aromatic carbocycles. The highest BCUT2D eigenvalue weighted by atomic mass is 32.2. The second kappa shape index (κ2) is 10.2. The number of rotatable bonds is 6. The molecule has 1 saturated carbocycles. The van der Waals surface area contributed by atoms with Crippen LogP contribution in [0.15, 0.2) is 57.8 Å². The van der Waals surface area contributed by atoms with Crippen LogP contribution >= 0.6 is 33.6 Å². The number of benzene rings is 1. The SMILES string of the molecule is BC(=C)/C(=C\C(=C/C)C(=N)Nc1ccc(S)c(C)c1)SC1CCC(C)(P)CC1. The molecule has 1 unspecified atom stereocenters. The molecular formula is C22H32BN2PS2. The van der Waals surface area contributed by atoms with Crippen LogP contribution in [0.1, 0.15) is 45.1 Å². The first kappa shape index (κ1) is 23.4. The van der Waals surface area contributed by atoms with Gasteiger partial charge < -0.3 is 5.32 Å². The first-order valence-electron chi connectivity index (χ1n) is 9.76. The number of thiol groups is 1. The Bertz CT molecular complexity index is 805. The zero-order valence-corrected chi connectivity index (χ0v) is 20.3. The van der Waals surface area contributed by atoms with Crippen LogP contribution in [0.2, 0.25) is 0 Å². The van der Waals surface area contributed by atoms with Crippen LogP contribution in [0, 0.1) is 12.3 Å². The zero-order chi connectivity index (χ0) is 20.9. The minimum absolute atomic E-state index is 0.394. The Hall–Kier alpha value is -0.895. The Morgan fingerprint density at radius 2 is 2.07 bits per heavy atom. The number of nitrogens with one attached hydrogen (secondary N) is 2. The molecule has 1 atom stereocenters. The van der Waals surface area contributed by atoms with Crippen molar-refractivity contribution in [2.45, 2.75) is 61.8 Å². The lowest BCUT2D eigenvalue weighted by Crippen LogP contribution is -2.25. The summed E-state index contributed by atoms with van der Waals surface area (Å²) in [7, 11) is 5.08. The van der Waals surface area contributed by atoms with Gasteiger partial charge in [0.2, 0.25) is 0 Å². The predicted octanol–water partition coefficient (Wildman–Crippen LogP) is 5.96. The van der Waals surface area contributed by atoms with Gasteiger partial charge in [0, 0.05) is 26.3 Å². The van der Waals surface area contributed by atoms with E-state index in [0.29, 0.717) is 16.2 Å². The summed E-state index contributed by atoms with van der Waals surface area (Å²) in [6.45, 7) is 10.5. The van der Waals surface area contributed by atoms with Gasteiger partial charge in [-0.3, -0.25) is 5.41 Å². The van der Waals surface area contributed by atoms with Gasteiger partial charge in [-0.1, -0.05) is 18.5 Å². The highest BCUT2D eigenvalue weighted by Crippen LogP contribution is 2.42. The van der Waals surface area contributed by atoms with E-state index < -0.39 is 0 Å². The van der Waals surface area contributed by atoms with Crippen LogP contribution in [0.5, 0.6) is 0 Å². The Morgan fingerprint density at radius 1 is 1.43 bits per heavy atom. The Morgan fingerprint density at radius 3 is 2.61 bits per heavy atom. The van der Waals surface area contributed by atoms with Crippen molar-refractivity contribution in [1.82, 2.24) is 0 Å². The van der Waals surface area contributed by atoms with Gasteiger partial charge >= 0.3 is 0 Å². The molecule has 0 radical (unpaired) electrons. The molecule has 0 saturated heterocycles. The van der Waals surface area contributed by atoms with Crippen molar-refractivity contribution in [1.29, 1.82) is 5.41 Å². The molecule has 0 aliphatic heterocycles. The molecule has 0 aromatic heterocycles. The minimum atomic E-state index is 0.394. The van der Waals surface area contributed by atoms with E-state index in [4.69, 9.17) is 5.41 Å². The number of amidine groups is 1. The van der Waals surface area contributed by atoms with Gasteiger partial charge in [-0.15, -0.1) is 40.2 Å². The van der Waals surface area contributed by atoms with Crippen molar-refractivity contribution in [2.75, 3.05) is 5.32 Å². The molecule has 0 spiro atoms. The quantitative estimate of drug-likeness (QED) is 0.130. The number of anilines is 1. The lowest BCUT2D eigenvalue weighted by molar-refractivity contribution is 0.430. The van der Waals surface area contributed by atoms with Crippen molar-refractivity contribution in [3.8, 4) is 0 Å². The van der Waals surface area contributed by atoms with Crippen LogP contribution in [-0.2, 0) is 0 Å². The molecule has 0 heterocycles. The van der Waals surface area contributed by atoms with Crippen molar-refractivity contribution in [3.05, 3.63) is 58.4 Å². The average molecular weight is 430 g/mol. The van der Waals surface area contributed by atoms with Crippen molar-refractivity contribution in [2.24, 2.45) is 0 Å². The summed E-state index contributed by atoms with van der Waals surface area (Å²) in [4.78, 5) is 2.14. The van der Waals surface area contributed by atoms with Gasteiger partial charge in [0.1, 0.15) is 13.7 Å². The third kappa shape index (κ3) is 6.86. The monoisotopic (exact) mass is 430 g/mol. The van der Waals surface area contributed by atoms with Crippen LogP contribution in [0.4, 0.5) is 5.69 Å². The topological polar surface area (TPSA) is 35.9 Å². The van der Waals surface area contributed by atoms with E-state index in [-0.39, 0.29) is 0 Å². The van der Waals surface area contributed by atoms with E-state index >= 15 is 0 Å². The molecule has 6 heteroatoms. The molecule has 0 amide bonds. The molecule has 0 bridgehead atoms. The van der Waals surface area contributed by atoms with Gasteiger partial charge in [0.25, 0.3) is 0 Å². The first-order chi connectivity index (χ1) is 13.1. The van der Waals surface area contributed by atoms with Crippen LogP contribution in [-0.4, -0.2) is 24.1 Å². The molecule has 2 N–H and O–H groups in total. The largest absolute Gasteiger partial charge is 0.340 e. The van der Waals surface area contributed by atoms with E-state index in [1.54, 1.807) is 0 Å². The fraction of sp³-hybridized carbons (Fsp3) is 0.409. The maximum Gasteiger partial charge on any atom is 0.139 e. The Labute approximate surface area is 183 Å². The molecule has 28 heavy (non-hydrogen) atoms. The molecule has 1 aliphatic rings. The van der Waals surface area contributed by atoms with Crippen molar-refractivity contribution < 1.29 is 0 Å². The summed E-state index contributed by atoms with van der Waals surface area (Å²) in [6.07, 6.45) is 9.03. The summed E-state index contributed by atoms with van der Waals surface area (Å²) in [5.41, 5.74) is 3.94. The molecule has 1 aromatic rings. The van der Waals surface area contributed by atoms with Crippen LogP contribution in [0.25, 0.3) is 0 Å². The maximum absolute atomic E-state index is 8.53. The zero-order valence-electron chi connectivity index (χ0n) is 17.4. The molecule has 1 fully saturated rings. The highest BCUT2D eigenvalue weighted by Gasteiger charge is 2.28. The third-order valence-electron chi connectivity index (χ3n) is 5.14. The summed E-state index contributed by atoms with van der Waals surface area (Å²) < 4.78 is 0. The van der Waals surface area contributed by atoms with Gasteiger partial charge in [0.15, 0.2) is 0 Å². The van der Waals surface area contributed by atoms with E-state index in [2.05, 4.69) is 54.6 Å². The van der Waals surface area contributed by atoms with Crippen molar-refractivity contribution >= 4 is 53.0 Å². The second-order valence-corrected chi connectivity index (χ2v) is 11.2.